The molecule has 2 heterocycles. The lowest BCUT2D eigenvalue weighted by Crippen LogP contribution is -2.57. The number of fused-ring (bicyclic) bond motifs is 3. The second kappa shape index (κ2) is 5.99. The number of nitrogens with one attached hydrogen (secondary N) is 1. The second-order valence-electron chi connectivity index (χ2n) is 7.23. The summed E-state index contributed by atoms with van der Waals surface area (Å²) in [5.74, 6) is 0.0721. The molecule has 5 nitrogen and oxygen atoms in total. The van der Waals surface area contributed by atoms with Gasteiger partial charge in [0, 0.05) is 6.42 Å². The fraction of sp³-hybridized carbons (Fsp3) is 0.556. The van der Waals surface area contributed by atoms with Gasteiger partial charge >= 0.3 is 5.97 Å². The Labute approximate surface area is 147 Å². The lowest BCUT2D eigenvalue weighted by atomic mass is 9.90. The zero-order chi connectivity index (χ0) is 17.5. The smallest absolute Gasteiger partial charge is 0.316 e. The molecular weight excluding hydrogens is 322 g/mol. The fourth-order valence-corrected chi connectivity index (χ4v) is 4.68. The summed E-state index contributed by atoms with van der Waals surface area (Å²) in [6.45, 7) is 10.8. The minimum atomic E-state index is -0.238. The van der Waals surface area contributed by atoms with E-state index >= 15 is 0 Å². The van der Waals surface area contributed by atoms with Gasteiger partial charge in [0.15, 0.2) is 5.17 Å². The minimum absolute atomic E-state index is 0.188. The van der Waals surface area contributed by atoms with Crippen molar-refractivity contribution in [3.63, 3.8) is 0 Å². The fourth-order valence-electron chi connectivity index (χ4n) is 3.61. The van der Waals surface area contributed by atoms with E-state index in [1.54, 1.807) is 0 Å². The van der Waals surface area contributed by atoms with Crippen LogP contribution in [-0.2, 0) is 9.53 Å². The lowest BCUT2D eigenvalue weighted by Gasteiger charge is -2.45. The van der Waals surface area contributed by atoms with Crippen LogP contribution in [0.3, 0.4) is 0 Å². The van der Waals surface area contributed by atoms with Crippen molar-refractivity contribution >= 4 is 34.3 Å². The van der Waals surface area contributed by atoms with E-state index in [2.05, 4.69) is 56.1 Å². The molecule has 0 bridgehead atoms. The maximum absolute atomic E-state index is 11.8. The number of anilines is 2. The molecule has 0 fully saturated rings. The molecule has 3 rings (SSSR count). The van der Waals surface area contributed by atoms with Crippen LogP contribution in [0, 0.1) is 6.92 Å². The van der Waals surface area contributed by atoms with Gasteiger partial charge in [0.25, 0.3) is 0 Å². The van der Waals surface area contributed by atoms with Crippen LogP contribution in [0.1, 0.15) is 39.7 Å². The molecule has 0 aliphatic carbocycles. The molecule has 0 amide bonds. The molecule has 0 radical (unpaired) electrons. The second-order valence-corrected chi connectivity index (χ2v) is 8.17. The summed E-state index contributed by atoms with van der Waals surface area (Å²) in [6.07, 6.45) is 0.886. The van der Waals surface area contributed by atoms with E-state index in [1.165, 1.54) is 17.3 Å². The van der Waals surface area contributed by atoms with E-state index in [0.717, 1.165) is 23.0 Å². The van der Waals surface area contributed by atoms with Crippen LogP contribution in [-0.4, -0.2) is 34.7 Å². The Morgan fingerprint density at radius 1 is 1.42 bits per heavy atom. The maximum atomic E-state index is 11.8. The number of thioether (sulfide) groups is 1. The molecule has 6 heteroatoms. The van der Waals surface area contributed by atoms with Crippen molar-refractivity contribution in [2.75, 3.05) is 22.6 Å². The zero-order valence-electron chi connectivity index (χ0n) is 15.0. The van der Waals surface area contributed by atoms with Gasteiger partial charge in [0.05, 0.1) is 29.3 Å². The van der Waals surface area contributed by atoms with Crippen molar-refractivity contribution < 1.29 is 9.53 Å². The van der Waals surface area contributed by atoms with Crippen molar-refractivity contribution in [3.8, 4) is 0 Å². The first kappa shape index (κ1) is 17.1. The van der Waals surface area contributed by atoms with Gasteiger partial charge in [-0.15, -0.1) is 0 Å². The minimum Gasteiger partial charge on any atom is -0.465 e. The van der Waals surface area contributed by atoms with Crippen molar-refractivity contribution in [3.05, 3.63) is 23.8 Å². The van der Waals surface area contributed by atoms with E-state index in [0.29, 0.717) is 6.61 Å². The average molecular weight is 347 g/mol. The van der Waals surface area contributed by atoms with E-state index in [4.69, 9.17) is 9.73 Å². The molecule has 1 atom stereocenters. The molecule has 0 aromatic heterocycles. The Morgan fingerprint density at radius 2 is 2.17 bits per heavy atom. The Hall–Kier alpha value is -1.69. The summed E-state index contributed by atoms with van der Waals surface area (Å²) in [4.78, 5) is 18.9. The quantitative estimate of drug-likeness (QED) is 0.844. The number of ether oxygens (including phenoxy) is 1. The van der Waals surface area contributed by atoms with Crippen molar-refractivity contribution in [2.24, 2.45) is 4.99 Å². The normalized spacial score (nSPS) is 23.9. The number of aryl methyl sites for hydroxylation is 1. The van der Waals surface area contributed by atoms with Crippen LogP contribution in [0.25, 0.3) is 0 Å². The average Bonchev–Trinajstić information content (AvgIpc) is 2.74. The highest BCUT2D eigenvalue weighted by Crippen LogP contribution is 2.48. The number of carbonyl (C=O) groups excluding carboxylic acids is 1. The monoisotopic (exact) mass is 347 g/mol. The van der Waals surface area contributed by atoms with Crippen LogP contribution in [0.15, 0.2) is 23.2 Å². The lowest BCUT2D eigenvalue weighted by molar-refractivity contribution is -0.139. The third kappa shape index (κ3) is 3.11. The molecule has 1 N–H and O–H groups in total. The van der Waals surface area contributed by atoms with E-state index < -0.39 is 0 Å². The van der Waals surface area contributed by atoms with E-state index in [-0.39, 0.29) is 22.9 Å². The Morgan fingerprint density at radius 3 is 2.88 bits per heavy atom. The van der Waals surface area contributed by atoms with Gasteiger partial charge in [0.2, 0.25) is 0 Å². The van der Waals surface area contributed by atoms with Crippen LogP contribution in [0.2, 0.25) is 0 Å². The largest absolute Gasteiger partial charge is 0.465 e. The predicted octanol–water partition coefficient (Wildman–Crippen LogP) is 3.78. The molecule has 1 aromatic rings. The van der Waals surface area contributed by atoms with Gasteiger partial charge in [-0.25, -0.2) is 0 Å². The van der Waals surface area contributed by atoms with Crippen LogP contribution < -0.4 is 10.2 Å². The zero-order valence-corrected chi connectivity index (χ0v) is 15.8. The molecule has 2 aliphatic rings. The summed E-state index contributed by atoms with van der Waals surface area (Å²) >= 11 is 1.45. The van der Waals surface area contributed by atoms with Crippen molar-refractivity contribution in [1.29, 1.82) is 0 Å². The van der Waals surface area contributed by atoms with Crippen LogP contribution in [0.5, 0.6) is 0 Å². The highest BCUT2D eigenvalue weighted by Gasteiger charge is 2.49. The molecule has 24 heavy (non-hydrogen) atoms. The first-order valence-corrected chi connectivity index (χ1v) is 9.30. The molecule has 1 aromatic carbocycles. The van der Waals surface area contributed by atoms with Gasteiger partial charge < -0.3 is 10.1 Å². The van der Waals surface area contributed by atoms with Gasteiger partial charge in [-0.05, 0) is 52.3 Å². The Balaban J connectivity index is 1.94. The first-order valence-electron chi connectivity index (χ1n) is 8.31. The number of rotatable bonds is 3. The first-order chi connectivity index (χ1) is 11.2. The standard InChI is InChI=1S/C18H25N3O2S/c1-6-23-15(22)10-24-16-20-17(3,4)11-18(5)19-13-9-12(2)7-8-14(13)21(16)18/h7-9,19H,6,10-11H2,1-5H3. The van der Waals surface area contributed by atoms with Gasteiger partial charge in [-0.3, -0.25) is 14.7 Å². The maximum Gasteiger partial charge on any atom is 0.316 e. The van der Waals surface area contributed by atoms with Crippen LogP contribution >= 0.6 is 11.8 Å². The molecule has 1 unspecified atom stereocenters. The topological polar surface area (TPSA) is 53.9 Å². The third-order valence-electron chi connectivity index (χ3n) is 4.28. The Bertz CT molecular complexity index is 702. The third-order valence-corrected chi connectivity index (χ3v) is 5.19. The number of amidine groups is 1. The molecule has 0 spiro atoms. The van der Waals surface area contributed by atoms with E-state index in [9.17, 15) is 4.79 Å². The molecule has 0 saturated heterocycles. The highest BCUT2D eigenvalue weighted by atomic mass is 32.2. The van der Waals surface area contributed by atoms with Gasteiger partial charge in [-0.1, -0.05) is 17.8 Å². The Kier molecular flexibility index (Phi) is 4.28. The van der Waals surface area contributed by atoms with Crippen LogP contribution in [0.4, 0.5) is 11.4 Å². The van der Waals surface area contributed by atoms with Gasteiger partial charge in [-0.2, -0.15) is 0 Å². The summed E-state index contributed by atoms with van der Waals surface area (Å²) in [6, 6.07) is 6.40. The summed E-state index contributed by atoms with van der Waals surface area (Å²) in [5.41, 5.74) is 3.04. The number of nitrogens with zero attached hydrogens (tertiary/aromatic N) is 2. The number of esters is 1. The molecule has 0 saturated carbocycles. The number of hydrogen-bond acceptors (Lipinski definition) is 6. The molecular formula is C18H25N3O2S. The molecule has 130 valence electrons. The summed E-state index contributed by atoms with van der Waals surface area (Å²) < 4.78 is 5.06. The number of carbonyl (C=O) groups is 1. The molecule has 2 aliphatic heterocycles. The van der Waals surface area contributed by atoms with Crippen molar-refractivity contribution in [2.45, 2.75) is 52.2 Å². The number of hydrogen-bond donors (Lipinski definition) is 1. The highest BCUT2D eigenvalue weighted by molar-refractivity contribution is 8.14. The van der Waals surface area contributed by atoms with Crippen molar-refractivity contribution in [1.82, 2.24) is 0 Å². The summed E-state index contributed by atoms with van der Waals surface area (Å²) in [7, 11) is 0. The SMILES string of the molecule is CCOC(=O)CSC1=NC(C)(C)CC2(C)Nc3cc(C)ccc3N12. The summed E-state index contributed by atoms with van der Waals surface area (Å²) in [5, 5.41) is 4.54. The number of benzene rings is 1. The van der Waals surface area contributed by atoms with E-state index in [1.807, 2.05) is 6.92 Å². The van der Waals surface area contributed by atoms with Gasteiger partial charge in [0.1, 0.15) is 5.66 Å². The predicted molar refractivity (Wildman–Crippen MR) is 101 cm³/mol. The number of aliphatic imine (C=N–C) groups is 1.